The predicted molar refractivity (Wildman–Crippen MR) is 76.4 cm³/mol. The van der Waals surface area contributed by atoms with Crippen LogP contribution in [0.5, 0.6) is 0 Å². The highest BCUT2D eigenvalue weighted by atomic mass is 32.1. The van der Waals surface area contributed by atoms with Gasteiger partial charge in [0.15, 0.2) is 0 Å². The first-order valence-corrected chi connectivity index (χ1v) is 6.97. The summed E-state index contributed by atoms with van der Waals surface area (Å²) in [5, 5.41) is 0. The minimum atomic E-state index is -0.191. The van der Waals surface area contributed by atoms with Crippen LogP contribution >= 0.6 is 12.2 Å². The average molecular weight is 272 g/mol. The molecule has 2 N–H and O–H groups in total. The van der Waals surface area contributed by atoms with E-state index in [0.717, 1.165) is 25.7 Å². The second-order valence-corrected chi connectivity index (χ2v) is 5.79. The van der Waals surface area contributed by atoms with Gasteiger partial charge in [-0.05, 0) is 12.8 Å². The summed E-state index contributed by atoms with van der Waals surface area (Å²) in [7, 11) is 1.65. The Morgan fingerprint density at radius 2 is 2.00 bits per heavy atom. The van der Waals surface area contributed by atoms with E-state index in [2.05, 4.69) is 6.92 Å². The molecule has 0 atom stereocenters. The first kappa shape index (κ1) is 15.4. The molecule has 1 aliphatic rings. The van der Waals surface area contributed by atoms with Crippen molar-refractivity contribution in [3.05, 3.63) is 0 Å². The van der Waals surface area contributed by atoms with Crippen molar-refractivity contribution < 1.29 is 9.53 Å². The van der Waals surface area contributed by atoms with Gasteiger partial charge in [-0.15, -0.1) is 0 Å². The molecule has 0 bridgehead atoms. The third kappa shape index (κ3) is 4.21. The fraction of sp³-hybridized carbons (Fsp3) is 0.846. The standard InChI is InChI=1S/C13H24N2O2S/c1-13(6-3-4-7-13)12(16)15(9-10-17-2)8-5-11(14)18/h3-10H2,1-2H3,(H2,14,18). The molecule has 1 saturated carbocycles. The van der Waals surface area contributed by atoms with E-state index in [1.807, 2.05) is 4.90 Å². The van der Waals surface area contributed by atoms with Crippen LogP contribution in [0.4, 0.5) is 0 Å². The van der Waals surface area contributed by atoms with Crippen molar-refractivity contribution >= 4 is 23.1 Å². The van der Waals surface area contributed by atoms with Gasteiger partial charge in [-0.2, -0.15) is 0 Å². The minimum Gasteiger partial charge on any atom is -0.393 e. The SMILES string of the molecule is COCCN(CCC(N)=S)C(=O)C1(C)CCCC1. The second-order valence-electron chi connectivity index (χ2n) is 5.27. The van der Waals surface area contributed by atoms with Gasteiger partial charge >= 0.3 is 0 Å². The zero-order valence-electron chi connectivity index (χ0n) is 11.4. The first-order chi connectivity index (χ1) is 8.49. The normalized spacial score (nSPS) is 17.7. The van der Waals surface area contributed by atoms with E-state index in [4.69, 9.17) is 22.7 Å². The molecule has 0 aromatic heterocycles. The van der Waals surface area contributed by atoms with Gasteiger partial charge in [-0.3, -0.25) is 4.79 Å². The van der Waals surface area contributed by atoms with Gasteiger partial charge in [-0.25, -0.2) is 0 Å². The van der Waals surface area contributed by atoms with Crippen molar-refractivity contribution in [2.24, 2.45) is 11.1 Å². The summed E-state index contributed by atoms with van der Waals surface area (Å²) in [6.07, 6.45) is 4.86. The van der Waals surface area contributed by atoms with Crippen LogP contribution < -0.4 is 5.73 Å². The van der Waals surface area contributed by atoms with Crippen molar-refractivity contribution in [3.8, 4) is 0 Å². The summed E-state index contributed by atoms with van der Waals surface area (Å²) in [5.41, 5.74) is 5.33. The number of carbonyl (C=O) groups is 1. The van der Waals surface area contributed by atoms with Crippen LogP contribution in [0.2, 0.25) is 0 Å². The lowest BCUT2D eigenvalue weighted by atomic mass is 9.87. The number of nitrogens with two attached hydrogens (primary N) is 1. The summed E-state index contributed by atoms with van der Waals surface area (Å²) >= 11 is 4.88. The molecular weight excluding hydrogens is 248 g/mol. The number of rotatable bonds is 7. The molecule has 18 heavy (non-hydrogen) atoms. The predicted octanol–water partition coefficient (Wildman–Crippen LogP) is 1.72. The van der Waals surface area contributed by atoms with Gasteiger partial charge in [0, 0.05) is 32.0 Å². The molecule has 104 valence electrons. The van der Waals surface area contributed by atoms with Crippen LogP contribution in [0.3, 0.4) is 0 Å². The quantitative estimate of drug-likeness (QED) is 0.717. The largest absolute Gasteiger partial charge is 0.393 e. The third-order valence-corrected chi connectivity index (χ3v) is 3.91. The molecule has 1 aliphatic carbocycles. The van der Waals surface area contributed by atoms with Crippen LogP contribution in [0, 0.1) is 5.41 Å². The van der Waals surface area contributed by atoms with E-state index in [1.54, 1.807) is 7.11 Å². The smallest absolute Gasteiger partial charge is 0.228 e. The Kier molecular flexibility index (Phi) is 6.02. The summed E-state index contributed by atoms with van der Waals surface area (Å²) in [4.78, 5) is 14.9. The van der Waals surface area contributed by atoms with E-state index in [-0.39, 0.29) is 11.3 Å². The Labute approximate surface area is 115 Å². The Hall–Kier alpha value is -0.680. The fourth-order valence-corrected chi connectivity index (χ4v) is 2.60. The number of nitrogens with zero attached hydrogens (tertiary/aromatic N) is 1. The molecule has 0 radical (unpaired) electrons. The Bertz CT molecular complexity index is 301. The highest BCUT2D eigenvalue weighted by Crippen LogP contribution is 2.39. The van der Waals surface area contributed by atoms with Crippen molar-refractivity contribution in [2.75, 3.05) is 26.8 Å². The Morgan fingerprint density at radius 3 is 2.50 bits per heavy atom. The summed E-state index contributed by atoms with van der Waals surface area (Å²) in [6.45, 7) is 3.85. The number of hydrogen-bond donors (Lipinski definition) is 1. The summed E-state index contributed by atoms with van der Waals surface area (Å²) < 4.78 is 5.07. The average Bonchev–Trinajstić information content (AvgIpc) is 2.76. The first-order valence-electron chi connectivity index (χ1n) is 6.56. The number of carbonyl (C=O) groups excluding carboxylic acids is 1. The lowest BCUT2D eigenvalue weighted by molar-refractivity contribution is -0.141. The molecule has 4 nitrogen and oxygen atoms in total. The van der Waals surface area contributed by atoms with E-state index >= 15 is 0 Å². The number of thiocarbonyl (C=S) groups is 1. The van der Waals surface area contributed by atoms with Gasteiger partial charge in [0.25, 0.3) is 0 Å². The number of ether oxygens (including phenoxy) is 1. The van der Waals surface area contributed by atoms with E-state index in [1.165, 1.54) is 0 Å². The zero-order valence-corrected chi connectivity index (χ0v) is 12.2. The monoisotopic (exact) mass is 272 g/mol. The van der Waals surface area contributed by atoms with Crippen LogP contribution in [0.1, 0.15) is 39.0 Å². The van der Waals surface area contributed by atoms with Crippen LogP contribution in [0.15, 0.2) is 0 Å². The third-order valence-electron chi connectivity index (χ3n) is 3.70. The second kappa shape index (κ2) is 7.04. The minimum absolute atomic E-state index is 0.191. The van der Waals surface area contributed by atoms with Gasteiger partial charge in [0.2, 0.25) is 5.91 Å². The van der Waals surface area contributed by atoms with Crippen molar-refractivity contribution in [2.45, 2.75) is 39.0 Å². The molecule has 0 saturated heterocycles. The van der Waals surface area contributed by atoms with Gasteiger partial charge in [0.1, 0.15) is 0 Å². The maximum atomic E-state index is 12.6. The maximum Gasteiger partial charge on any atom is 0.228 e. The van der Waals surface area contributed by atoms with Crippen molar-refractivity contribution in [1.29, 1.82) is 0 Å². The van der Waals surface area contributed by atoms with E-state index in [9.17, 15) is 4.79 Å². The Morgan fingerprint density at radius 1 is 1.39 bits per heavy atom. The molecule has 0 spiro atoms. The van der Waals surface area contributed by atoms with Gasteiger partial charge < -0.3 is 15.4 Å². The van der Waals surface area contributed by atoms with Crippen molar-refractivity contribution in [3.63, 3.8) is 0 Å². The molecular formula is C13H24N2O2S. The molecule has 0 aliphatic heterocycles. The van der Waals surface area contributed by atoms with Gasteiger partial charge in [0.05, 0.1) is 11.6 Å². The molecule has 0 heterocycles. The topological polar surface area (TPSA) is 55.6 Å². The number of amides is 1. The molecule has 1 fully saturated rings. The van der Waals surface area contributed by atoms with Gasteiger partial charge in [-0.1, -0.05) is 32.0 Å². The molecule has 0 aromatic carbocycles. The van der Waals surface area contributed by atoms with E-state index in [0.29, 0.717) is 31.1 Å². The van der Waals surface area contributed by atoms with Crippen LogP contribution in [0.25, 0.3) is 0 Å². The van der Waals surface area contributed by atoms with E-state index < -0.39 is 0 Å². The van der Waals surface area contributed by atoms with Crippen LogP contribution in [-0.4, -0.2) is 42.6 Å². The summed E-state index contributed by atoms with van der Waals surface area (Å²) in [6, 6.07) is 0. The lowest BCUT2D eigenvalue weighted by Crippen LogP contribution is -2.44. The zero-order chi connectivity index (χ0) is 13.6. The maximum absolute atomic E-state index is 12.6. The van der Waals surface area contributed by atoms with Crippen molar-refractivity contribution in [1.82, 2.24) is 4.90 Å². The molecule has 5 heteroatoms. The lowest BCUT2D eigenvalue weighted by Gasteiger charge is -2.31. The number of hydrogen-bond acceptors (Lipinski definition) is 3. The molecule has 1 amide bonds. The van der Waals surface area contributed by atoms with Crippen LogP contribution in [-0.2, 0) is 9.53 Å². The number of methoxy groups -OCH3 is 1. The molecule has 0 unspecified atom stereocenters. The molecule has 1 rings (SSSR count). The Balaban J connectivity index is 2.62. The molecule has 0 aromatic rings. The summed E-state index contributed by atoms with van der Waals surface area (Å²) in [5.74, 6) is 0.230. The fourth-order valence-electron chi connectivity index (χ4n) is 2.51. The highest BCUT2D eigenvalue weighted by molar-refractivity contribution is 7.80. The highest BCUT2D eigenvalue weighted by Gasteiger charge is 2.38.